The minimum Gasteiger partial charge on any atom is -0.378 e. The van der Waals surface area contributed by atoms with E-state index in [0.717, 1.165) is 5.69 Å². The van der Waals surface area contributed by atoms with E-state index in [2.05, 4.69) is 20.6 Å². The maximum absolute atomic E-state index is 12.6. The van der Waals surface area contributed by atoms with Crippen LogP contribution in [0.5, 0.6) is 0 Å². The fourth-order valence-electron chi connectivity index (χ4n) is 2.46. The molecule has 0 atom stereocenters. The van der Waals surface area contributed by atoms with Crippen molar-refractivity contribution in [2.45, 2.75) is 6.92 Å². The molecule has 0 saturated heterocycles. The predicted octanol–water partition coefficient (Wildman–Crippen LogP) is 4.50. The van der Waals surface area contributed by atoms with Crippen molar-refractivity contribution >= 4 is 40.5 Å². The van der Waals surface area contributed by atoms with Crippen LogP contribution in [0.1, 0.15) is 16.2 Å². The monoisotopic (exact) mass is 381 g/mol. The van der Waals surface area contributed by atoms with Gasteiger partial charge < -0.3 is 15.5 Å². The molecular formula is C20H20ClN5O. The van der Waals surface area contributed by atoms with Crippen LogP contribution in [0.15, 0.2) is 54.6 Å². The highest BCUT2D eigenvalue weighted by atomic mass is 35.5. The summed E-state index contributed by atoms with van der Waals surface area (Å²) in [7, 11) is 3.93. The van der Waals surface area contributed by atoms with Crippen LogP contribution in [0.2, 0.25) is 5.02 Å². The first-order chi connectivity index (χ1) is 12.9. The van der Waals surface area contributed by atoms with Gasteiger partial charge in [-0.2, -0.15) is 0 Å². The van der Waals surface area contributed by atoms with Gasteiger partial charge in [0.2, 0.25) is 5.95 Å². The minimum atomic E-state index is -0.305. The van der Waals surface area contributed by atoms with Crippen molar-refractivity contribution in [3.8, 4) is 0 Å². The Labute approximate surface area is 163 Å². The summed E-state index contributed by atoms with van der Waals surface area (Å²) in [6, 6.07) is 16.5. The lowest BCUT2D eigenvalue weighted by atomic mass is 10.2. The molecule has 0 radical (unpaired) electrons. The van der Waals surface area contributed by atoms with E-state index in [-0.39, 0.29) is 11.6 Å². The van der Waals surface area contributed by atoms with Gasteiger partial charge >= 0.3 is 0 Å². The Morgan fingerprint density at radius 3 is 2.41 bits per heavy atom. The molecule has 138 valence electrons. The maximum atomic E-state index is 12.6. The van der Waals surface area contributed by atoms with Crippen LogP contribution in [0.3, 0.4) is 0 Å². The van der Waals surface area contributed by atoms with E-state index >= 15 is 0 Å². The third-order valence-corrected chi connectivity index (χ3v) is 4.18. The Morgan fingerprint density at radius 1 is 1.04 bits per heavy atom. The van der Waals surface area contributed by atoms with Gasteiger partial charge in [-0.1, -0.05) is 23.7 Å². The average molecular weight is 382 g/mol. The first-order valence-electron chi connectivity index (χ1n) is 8.38. The van der Waals surface area contributed by atoms with E-state index in [9.17, 15) is 4.79 Å². The lowest BCUT2D eigenvalue weighted by Crippen LogP contribution is -2.16. The predicted molar refractivity (Wildman–Crippen MR) is 110 cm³/mol. The van der Waals surface area contributed by atoms with Crippen molar-refractivity contribution in [3.05, 3.63) is 71.0 Å². The zero-order valence-corrected chi connectivity index (χ0v) is 16.1. The van der Waals surface area contributed by atoms with Crippen molar-refractivity contribution in [2.24, 2.45) is 0 Å². The Morgan fingerprint density at radius 2 is 1.74 bits per heavy atom. The van der Waals surface area contributed by atoms with Gasteiger partial charge in [-0.15, -0.1) is 0 Å². The van der Waals surface area contributed by atoms with Crippen LogP contribution in [0.25, 0.3) is 0 Å². The molecule has 3 aromatic rings. The van der Waals surface area contributed by atoms with E-state index in [4.69, 9.17) is 11.6 Å². The quantitative estimate of drug-likeness (QED) is 0.680. The molecule has 3 rings (SSSR count). The third-order valence-electron chi connectivity index (χ3n) is 3.85. The number of carbonyl (C=O) groups is 1. The highest BCUT2D eigenvalue weighted by molar-refractivity contribution is 6.33. The molecular weight excluding hydrogens is 362 g/mol. The van der Waals surface area contributed by atoms with Gasteiger partial charge in [0.25, 0.3) is 5.91 Å². The highest BCUT2D eigenvalue weighted by Crippen LogP contribution is 2.23. The Hall–Kier alpha value is -3.12. The van der Waals surface area contributed by atoms with E-state index in [1.807, 2.05) is 68.4 Å². The molecule has 2 aromatic carbocycles. The lowest BCUT2D eigenvalue weighted by Gasteiger charge is -2.13. The summed E-state index contributed by atoms with van der Waals surface area (Å²) in [4.78, 5) is 23.2. The molecule has 0 bridgehead atoms. The standard InChI is InChI=1S/C20H20ClN5O/c1-13-12-18(19(27)23-14-8-10-15(11-9-14)26(2)3)25-20(22-13)24-17-7-5-4-6-16(17)21/h4-12H,1-3H3,(H,23,27)(H,22,24,25). The number of halogens is 1. The molecule has 27 heavy (non-hydrogen) atoms. The fourth-order valence-corrected chi connectivity index (χ4v) is 2.64. The molecule has 0 aliphatic rings. The van der Waals surface area contributed by atoms with Crippen LogP contribution in [0.4, 0.5) is 23.0 Å². The molecule has 6 nitrogen and oxygen atoms in total. The van der Waals surface area contributed by atoms with E-state index in [0.29, 0.717) is 28.0 Å². The molecule has 0 fully saturated rings. The van der Waals surface area contributed by atoms with Gasteiger partial charge in [-0.05, 0) is 49.4 Å². The molecule has 0 unspecified atom stereocenters. The number of nitrogens with zero attached hydrogens (tertiary/aromatic N) is 3. The second-order valence-electron chi connectivity index (χ2n) is 6.22. The molecule has 1 heterocycles. The SMILES string of the molecule is Cc1cc(C(=O)Nc2ccc(N(C)C)cc2)nc(Nc2ccccc2Cl)n1. The minimum absolute atomic E-state index is 0.272. The largest absolute Gasteiger partial charge is 0.378 e. The van der Waals surface area contributed by atoms with Crippen LogP contribution in [0, 0.1) is 6.92 Å². The zero-order chi connectivity index (χ0) is 19.4. The van der Waals surface area contributed by atoms with Crippen molar-refractivity contribution in [2.75, 3.05) is 29.6 Å². The van der Waals surface area contributed by atoms with Crippen LogP contribution in [-0.4, -0.2) is 30.0 Å². The first-order valence-corrected chi connectivity index (χ1v) is 8.76. The van der Waals surface area contributed by atoms with E-state index in [1.165, 1.54) is 0 Å². The molecule has 7 heteroatoms. The molecule has 0 aliphatic heterocycles. The Kier molecular flexibility index (Phi) is 5.57. The normalized spacial score (nSPS) is 10.4. The van der Waals surface area contributed by atoms with Crippen LogP contribution in [-0.2, 0) is 0 Å². The topological polar surface area (TPSA) is 70.2 Å². The Bertz CT molecular complexity index is 957. The number of hydrogen-bond acceptors (Lipinski definition) is 5. The van der Waals surface area contributed by atoms with E-state index in [1.54, 1.807) is 12.1 Å². The molecule has 2 N–H and O–H groups in total. The summed E-state index contributed by atoms with van der Waals surface area (Å²) < 4.78 is 0. The number of rotatable bonds is 5. The van der Waals surface area contributed by atoms with Gasteiger partial charge in [0.1, 0.15) is 5.69 Å². The van der Waals surface area contributed by atoms with Crippen molar-refractivity contribution in [3.63, 3.8) is 0 Å². The summed E-state index contributed by atoms with van der Waals surface area (Å²) in [5, 5.41) is 6.46. The Balaban J connectivity index is 1.78. The number of hydrogen-bond donors (Lipinski definition) is 2. The molecule has 0 spiro atoms. The van der Waals surface area contributed by atoms with Crippen molar-refractivity contribution in [1.29, 1.82) is 0 Å². The second kappa shape index (κ2) is 8.05. The summed E-state index contributed by atoms with van der Waals surface area (Å²) in [6.45, 7) is 1.81. The summed E-state index contributed by atoms with van der Waals surface area (Å²) in [5.41, 5.74) is 3.37. The van der Waals surface area contributed by atoms with Crippen molar-refractivity contribution in [1.82, 2.24) is 9.97 Å². The van der Waals surface area contributed by atoms with Gasteiger partial charge in [0.15, 0.2) is 0 Å². The number of aryl methyl sites for hydroxylation is 1. The number of para-hydroxylation sites is 1. The number of nitrogens with one attached hydrogen (secondary N) is 2. The number of carbonyl (C=O) groups excluding carboxylic acids is 1. The zero-order valence-electron chi connectivity index (χ0n) is 15.3. The summed E-state index contributed by atoms with van der Waals surface area (Å²) in [5.74, 6) is 0.0107. The maximum Gasteiger partial charge on any atom is 0.274 e. The molecule has 1 amide bonds. The second-order valence-corrected chi connectivity index (χ2v) is 6.63. The van der Waals surface area contributed by atoms with Gasteiger partial charge in [-0.3, -0.25) is 4.79 Å². The number of aromatic nitrogens is 2. The smallest absolute Gasteiger partial charge is 0.274 e. The van der Waals surface area contributed by atoms with Gasteiger partial charge in [-0.25, -0.2) is 9.97 Å². The third kappa shape index (κ3) is 4.74. The van der Waals surface area contributed by atoms with Crippen LogP contribution < -0.4 is 15.5 Å². The fraction of sp³-hybridized carbons (Fsp3) is 0.150. The summed E-state index contributed by atoms with van der Waals surface area (Å²) >= 11 is 6.16. The number of anilines is 4. The van der Waals surface area contributed by atoms with Crippen molar-refractivity contribution < 1.29 is 4.79 Å². The summed E-state index contributed by atoms with van der Waals surface area (Å²) in [6.07, 6.45) is 0. The number of benzene rings is 2. The first kappa shape index (κ1) is 18.7. The molecule has 0 saturated carbocycles. The average Bonchev–Trinajstić information content (AvgIpc) is 2.63. The molecule has 1 aromatic heterocycles. The highest BCUT2D eigenvalue weighted by Gasteiger charge is 2.12. The van der Waals surface area contributed by atoms with Gasteiger partial charge in [0, 0.05) is 31.2 Å². The van der Waals surface area contributed by atoms with E-state index < -0.39 is 0 Å². The molecule has 0 aliphatic carbocycles. The van der Waals surface area contributed by atoms with Gasteiger partial charge in [0.05, 0.1) is 10.7 Å². The van der Waals surface area contributed by atoms with Crippen LogP contribution >= 0.6 is 11.6 Å². The number of amides is 1. The lowest BCUT2D eigenvalue weighted by molar-refractivity contribution is 0.102.